The summed E-state index contributed by atoms with van der Waals surface area (Å²) in [6.45, 7) is 0. The van der Waals surface area contributed by atoms with E-state index in [0.29, 0.717) is 0 Å². The standard InChI is InChI=1S/C18H20N2S/c19-20-17(11-4-8-14-6-2-1-3-7-14)16-10-5-9-15-12-13-21-18(15)16/h1-3,5-7,9-10,12-13,17,20H,4,8,11,19H2. The van der Waals surface area contributed by atoms with E-state index in [4.69, 9.17) is 5.84 Å². The molecule has 0 aliphatic heterocycles. The minimum Gasteiger partial charge on any atom is -0.271 e. The van der Waals surface area contributed by atoms with Crippen LogP contribution in [0.5, 0.6) is 0 Å². The van der Waals surface area contributed by atoms with Crippen LogP contribution in [0, 0.1) is 0 Å². The Balaban J connectivity index is 1.69. The van der Waals surface area contributed by atoms with E-state index in [9.17, 15) is 0 Å². The molecule has 108 valence electrons. The van der Waals surface area contributed by atoms with Crippen molar-refractivity contribution in [3.05, 3.63) is 71.1 Å². The molecule has 1 aromatic heterocycles. The van der Waals surface area contributed by atoms with Crippen molar-refractivity contribution in [2.75, 3.05) is 0 Å². The van der Waals surface area contributed by atoms with Crippen LogP contribution in [0.4, 0.5) is 0 Å². The first-order valence-electron chi connectivity index (χ1n) is 7.34. The number of rotatable bonds is 6. The van der Waals surface area contributed by atoms with Crippen molar-refractivity contribution in [2.24, 2.45) is 5.84 Å². The third-order valence-electron chi connectivity index (χ3n) is 3.89. The highest BCUT2D eigenvalue weighted by Gasteiger charge is 2.13. The van der Waals surface area contributed by atoms with Gasteiger partial charge in [0.2, 0.25) is 0 Å². The second-order valence-electron chi connectivity index (χ2n) is 5.28. The topological polar surface area (TPSA) is 38.0 Å². The van der Waals surface area contributed by atoms with Gasteiger partial charge in [0.1, 0.15) is 0 Å². The van der Waals surface area contributed by atoms with Gasteiger partial charge in [-0.25, -0.2) is 0 Å². The minimum absolute atomic E-state index is 0.219. The smallest absolute Gasteiger partial charge is 0.0474 e. The molecule has 0 fully saturated rings. The molecule has 1 unspecified atom stereocenters. The Labute approximate surface area is 129 Å². The van der Waals surface area contributed by atoms with Gasteiger partial charge in [-0.3, -0.25) is 11.3 Å². The normalized spacial score (nSPS) is 12.6. The van der Waals surface area contributed by atoms with Crippen LogP contribution < -0.4 is 11.3 Å². The number of hydrogen-bond donors (Lipinski definition) is 2. The third-order valence-corrected chi connectivity index (χ3v) is 4.87. The number of nitrogens with two attached hydrogens (primary N) is 1. The van der Waals surface area contributed by atoms with Gasteiger partial charge in [-0.15, -0.1) is 11.3 Å². The lowest BCUT2D eigenvalue weighted by Gasteiger charge is -2.17. The van der Waals surface area contributed by atoms with Crippen molar-refractivity contribution in [1.29, 1.82) is 0 Å². The van der Waals surface area contributed by atoms with Gasteiger partial charge >= 0.3 is 0 Å². The second-order valence-corrected chi connectivity index (χ2v) is 6.20. The summed E-state index contributed by atoms with van der Waals surface area (Å²) < 4.78 is 1.35. The Bertz CT molecular complexity index is 691. The van der Waals surface area contributed by atoms with Crippen molar-refractivity contribution >= 4 is 21.4 Å². The second kappa shape index (κ2) is 6.85. The number of fused-ring (bicyclic) bond motifs is 1. The maximum atomic E-state index is 5.80. The molecule has 0 bridgehead atoms. The molecule has 2 nitrogen and oxygen atoms in total. The zero-order valence-corrected chi connectivity index (χ0v) is 12.8. The minimum atomic E-state index is 0.219. The van der Waals surface area contributed by atoms with Crippen LogP contribution >= 0.6 is 11.3 Å². The average molecular weight is 296 g/mol. The van der Waals surface area contributed by atoms with Crippen molar-refractivity contribution in [2.45, 2.75) is 25.3 Å². The molecule has 21 heavy (non-hydrogen) atoms. The molecule has 1 atom stereocenters. The zero-order valence-electron chi connectivity index (χ0n) is 12.0. The highest BCUT2D eigenvalue weighted by Crippen LogP contribution is 2.30. The van der Waals surface area contributed by atoms with Gasteiger partial charge in [0.15, 0.2) is 0 Å². The predicted octanol–water partition coefficient (Wildman–Crippen LogP) is 4.43. The average Bonchev–Trinajstić information content (AvgIpc) is 3.01. The van der Waals surface area contributed by atoms with E-state index in [1.54, 1.807) is 11.3 Å². The van der Waals surface area contributed by atoms with Gasteiger partial charge in [-0.1, -0.05) is 48.5 Å². The fourth-order valence-corrected chi connectivity index (χ4v) is 3.74. The van der Waals surface area contributed by atoms with Crippen molar-refractivity contribution in [3.63, 3.8) is 0 Å². The number of thiophene rings is 1. The third kappa shape index (κ3) is 3.32. The van der Waals surface area contributed by atoms with Crippen molar-refractivity contribution in [3.8, 4) is 0 Å². The quantitative estimate of drug-likeness (QED) is 0.521. The van der Waals surface area contributed by atoms with Crippen LogP contribution in [0.15, 0.2) is 60.0 Å². The van der Waals surface area contributed by atoms with Crippen LogP contribution in [-0.2, 0) is 6.42 Å². The van der Waals surface area contributed by atoms with Gasteiger partial charge in [0, 0.05) is 10.7 Å². The number of aryl methyl sites for hydroxylation is 1. The molecular weight excluding hydrogens is 276 g/mol. The van der Waals surface area contributed by atoms with Crippen LogP contribution in [0.25, 0.3) is 10.1 Å². The molecule has 3 rings (SSSR count). The number of hydrogen-bond acceptors (Lipinski definition) is 3. The molecule has 3 N–H and O–H groups in total. The monoisotopic (exact) mass is 296 g/mol. The fourth-order valence-electron chi connectivity index (χ4n) is 2.77. The van der Waals surface area contributed by atoms with E-state index in [-0.39, 0.29) is 6.04 Å². The molecule has 3 heteroatoms. The molecule has 3 aromatic rings. The Kier molecular flexibility index (Phi) is 4.65. The zero-order chi connectivity index (χ0) is 14.5. The summed E-state index contributed by atoms with van der Waals surface area (Å²) in [6, 6.07) is 19.5. The first kappa shape index (κ1) is 14.3. The number of benzene rings is 2. The van der Waals surface area contributed by atoms with Crippen LogP contribution in [0.2, 0.25) is 0 Å². The lowest BCUT2D eigenvalue weighted by Crippen LogP contribution is -2.28. The molecule has 0 aliphatic carbocycles. The highest BCUT2D eigenvalue weighted by atomic mass is 32.1. The number of nitrogens with one attached hydrogen (secondary N) is 1. The summed E-state index contributed by atoms with van der Waals surface area (Å²) in [7, 11) is 0. The lowest BCUT2D eigenvalue weighted by atomic mass is 9.98. The van der Waals surface area contributed by atoms with Gasteiger partial charge in [0.25, 0.3) is 0 Å². The van der Waals surface area contributed by atoms with Gasteiger partial charge in [0.05, 0.1) is 0 Å². The highest BCUT2D eigenvalue weighted by molar-refractivity contribution is 7.17. The Morgan fingerprint density at radius 2 is 1.86 bits per heavy atom. The summed E-state index contributed by atoms with van der Waals surface area (Å²) in [4.78, 5) is 0. The fraction of sp³-hybridized carbons (Fsp3) is 0.222. The van der Waals surface area contributed by atoms with Gasteiger partial charge in [-0.2, -0.15) is 0 Å². The summed E-state index contributed by atoms with van der Waals surface area (Å²) in [5.41, 5.74) is 5.70. The molecule has 0 saturated carbocycles. The first-order chi connectivity index (χ1) is 10.4. The van der Waals surface area contributed by atoms with Gasteiger partial charge in [-0.05, 0) is 47.2 Å². The van der Waals surface area contributed by atoms with Crippen molar-refractivity contribution < 1.29 is 0 Å². The molecule has 0 spiro atoms. The summed E-state index contributed by atoms with van der Waals surface area (Å²) >= 11 is 1.79. The van der Waals surface area contributed by atoms with E-state index >= 15 is 0 Å². The lowest BCUT2D eigenvalue weighted by molar-refractivity contribution is 0.502. The first-order valence-corrected chi connectivity index (χ1v) is 8.22. The summed E-state index contributed by atoms with van der Waals surface area (Å²) in [5, 5.41) is 3.45. The summed E-state index contributed by atoms with van der Waals surface area (Å²) in [6.07, 6.45) is 3.27. The van der Waals surface area contributed by atoms with E-state index in [0.717, 1.165) is 19.3 Å². The Hall–Kier alpha value is -1.68. The molecule has 2 aromatic carbocycles. The van der Waals surface area contributed by atoms with Crippen molar-refractivity contribution in [1.82, 2.24) is 5.43 Å². The molecular formula is C18H20N2S. The number of hydrazine groups is 1. The SMILES string of the molecule is NNC(CCCc1ccccc1)c1cccc2ccsc12. The van der Waals surface area contributed by atoms with Crippen LogP contribution in [0.3, 0.4) is 0 Å². The van der Waals surface area contributed by atoms with Crippen LogP contribution in [-0.4, -0.2) is 0 Å². The predicted molar refractivity (Wildman–Crippen MR) is 91.3 cm³/mol. The maximum absolute atomic E-state index is 5.80. The van der Waals surface area contributed by atoms with E-state index in [1.165, 1.54) is 21.2 Å². The summed E-state index contributed by atoms with van der Waals surface area (Å²) in [5.74, 6) is 5.80. The molecule has 1 heterocycles. The van der Waals surface area contributed by atoms with E-state index in [1.807, 2.05) is 0 Å². The largest absolute Gasteiger partial charge is 0.271 e. The maximum Gasteiger partial charge on any atom is 0.0474 e. The molecule has 0 amide bonds. The van der Waals surface area contributed by atoms with Gasteiger partial charge < -0.3 is 0 Å². The van der Waals surface area contributed by atoms with E-state index < -0.39 is 0 Å². The Morgan fingerprint density at radius 1 is 1.00 bits per heavy atom. The Morgan fingerprint density at radius 3 is 2.67 bits per heavy atom. The van der Waals surface area contributed by atoms with Crippen LogP contribution in [0.1, 0.15) is 30.0 Å². The molecule has 0 radical (unpaired) electrons. The molecule has 0 aliphatic rings. The van der Waals surface area contributed by atoms with E-state index in [2.05, 4.69) is 65.4 Å². The molecule has 0 saturated heterocycles.